The minimum atomic E-state index is -0.126. The zero-order valence-electron chi connectivity index (χ0n) is 11.8. The van der Waals surface area contributed by atoms with Crippen molar-refractivity contribution in [3.63, 3.8) is 0 Å². The number of amides is 2. The van der Waals surface area contributed by atoms with Crippen molar-refractivity contribution in [2.24, 2.45) is 11.8 Å². The molecule has 1 saturated heterocycles. The van der Waals surface area contributed by atoms with Gasteiger partial charge in [-0.25, -0.2) is 0 Å². The molecule has 3 aliphatic rings. The Morgan fingerprint density at radius 2 is 1.67 bits per heavy atom. The van der Waals surface area contributed by atoms with E-state index in [1.807, 2.05) is 18.2 Å². The second kappa shape index (κ2) is 4.81. The third kappa shape index (κ3) is 2.02. The van der Waals surface area contributed by atoms with Gasteiger partial charge in [0.25, 0.3) is 0 Å². The fraction of sp³-hybridized carbons (Fsp3) is 0.412. The number of hydrogen-bond acceptors (Lipinski definition) is 3. The molecule has 0 bridgehead atoms. The molecule has 1 fully saturated rings. The lowest BCUT2D eigenvalue weighted by atomic mass is 9.85. The Labute approximate surface area is 123 Å². The van der Waals surface area contributed by atoms with E-state index in [0.717, 1.165) is 18.7 Å². The molecule has 1 aliphatic carbocycles. The number of hydrogen-bond donors (Lipinski definition) is 1. The van der Waals surface area contributed by atoms with Gasteiger partial charge in [-0.05, 0) is 29.5 Å². The minimum absolute atomic E-state index is 0.00738. The number of allylic oxidation sites excluding steroid dienone is 2. The summed E-state index contributed by atoms with van der Waals surface area (Å²) in [6.07, 6.45) is 5.47. The molecule has 0 radical (unpaired) electrons. The van der Waals surface area contributed by atoms with Crippen molar-refractivity contribution in [1.29, 1.82) is 0 Å². The molecule has 1 N–H and O–H groups in total. The summed E-state index contributed by atoms with van der Waals surface area (Å²) < 4.78 is 0. The van der Waals surface area contributed by atoms with E-state index in [0.29, 0.717) is 19.4 Å². The van der Waals surface area contributed by atoms with Crippen molar-refractivity contribution in [2.75, 3.05) is 0 Å². The van der Waals surface area contributed by atoms with Gasteiger partial charge in [0.2, 0.25) is 11.8 Å². The van der Waals surface area contributed by atoms with Crippen LogP contribution in [0.15, 0.2) is 30.4 Å². The number of likely N-dealkylation sites (tertiary alicyclic amines) is 1. The molecule has 108 valence electrons. The molecule has 2 atom stereocenters. The van der Waals surface area contributed by atoms with Crippen molar-refractivity contribution in [3.05, 3.63) is 47.0 Å². The predicted octanol–water partition coefficient (Wildman–Crippen LogP) is 1.74. The first-order chi connectivity index (χ1) is 10.2. The normalized spacial score (nSPS) is 27.1. The zero-order chi connectivity index (χ0) is 14.4. The summed E-state index contributed by atoms with van der Waals surface area (Å²) in [7, 11) is 0. The third-order valence-electron chi connectivity index (χ3n) is 4.84. The predicted molar refractivity (Wildman–Crippen MR) is 77.9 cm³/mol. The number of carbonyl (C=O) groups excluding carboxylic acids is 2. The molecule has 21 heavy (non-hydrogen) atoms. The molecule has 1 aromatic carbocycles. The number of fused-ring (bicyclic) bond motifs is 2. The number of carbonyl (C=O) groups is 2. The summed E-state index contributed by atoms with van der Waals surface area (Å²) in [5, 5.41) is 3.31. The minimum Gasteiger partial charge on any atom is -0.309 e. The van der Waals surface area contributed by atoms with E-state index in [9.17, 15) is 9.59 Å². The maximum atomic E-state index is 12.4. The average molecular weight is 282 g/mol. The summed E-state index contributed by atoms with van der Waals surface area (Å²) in [5.41, 5.74) is 3.65. The molecule has 2 aliphatic heterocycles. The third-order valence-corrected chi connectivity index (χ3v) is 4.84. The van der Waals surface area contributed by atoms with Gasteiger partial charge in [-0.2, -0.15) is 0 Å². The molecule has 4 heteroatoms. The van der Waals surface area contributed by atoms with Gasteiger partial charge < -0.3 is 5.32 Å². The summed E-state index contributed by atoms with van der Waals surface area (Å²) in [4.78, 5) is 26.4. The summed E-state index contributed by atoms with van der Waals surface area (Å²) in [6, 6.07) is 6.26. The molecule has 2 heterocycles. The standard InChI is InChI=1S/C17H18N2O2/c20-16-14-3-1-2-4-15(14)17(21)19(16)10-11-5-6-12-8-18-9-13(12)7-11/h1-2,5-7,14-15,18H,3-4,8-10H2. The SMILES string of the molecule is O=C1C2CC=CCC2C(=O)N1Cc1ccc2c(c1)CNC2. The van der Waals surface area contributed by atoms with E-state index in [4.69, 9.17) is 0 Å². The van der Waals surface area contributed by atoms with E-state index in [1.54, 1.807) is 0 Å². The highest BCUT2D eigenvalue weighted by Crippen LogP contribution is 2.35. The monoisotopic (exact) mass is 282 g/mol. The quantitative estimate of drug-likeness (QED) is 0.664. The highest BCUT2D eigenvalue weighted by molar-refractivity contribution is 6.05. The number of nitrogens with zero attached hydrogens (tertiary/aromatic N) is 1. The smallest absolute Gasteiger partial charge is 0.233 e. The van der Waals surface area contributed by atoms with Gasteiger partial charge in [-0.3, -0.25) is 14.5 Å². The molecule has 4 nitrogen and oxygen atoms in total. The molecule has 0 spiro atoms. The van der Waals surface area contributed by atoms with Gasteiger partial charge in [0, 0.05) is 13.1 Å². The van der Waals surface area contributed by atoms with Gasteiger partial charge in [0.15, 0.2) is 0 Å². The Kier molecular flexibility index (Phi) is 2.93. The Bertz CT molecular complexity index is 624. The van der Waals surface area contributed by atoms with Crippen LogP contribution in [-0.2, 0) is 29.2 Å². The summed E-state index contributed by atoms with van der Waals surface area (Å²) >= 11 is 0. The topological polar surface area (TPSA) is 49.4 Å². The molecular formula is C17H18N2O2. The first-order valence-corrected chi connectivity index (χ1v) is 7.55. The van der Waals surface area contributed by atoms with Crippen LogP contribution in [0.4, 0.5) is 0 Å². The van der Waals surface area contributed by atoms with Crippen molar-refractivity contribution < 1.29 is 9.59 Å². The lowest BCUT2D eigenvalue weighted by Gasteiger charge is -2.15. The number of nitrogens with one attached hydrogen (secondary N) is 1. The van der Waals surface area contributed by atoms with Crippen LogP contribution in [0.25, 0.3) is 0 Å². The van der Waals surface area contributed by atoms with Gasteiger partial charge >= 0.3 is 0 Å². The van der Waals surface area contributed by atoms with E-state index in [2.05, 4.69) is 17.4 Å². The second-order valence-corrected chi connectivity index (χ2v) is 6.13. The van der Waals surface area contributed by atoms with Crippen LogP contribution in [0.2, 0.25) is 0 Å². The van der Waals surface area contributed by atoms with Gasteiger partial charge in [-0.15, -0.1) is 0 Å². The number of imide groups is 1. The first kappa shape index (κ1) is 12.8. The molecule has 1 aromatic rings. The van der Waals surface area contributed by atoms with Crippen molar-refractivity contribution >= 4 is 11.8 Å². The molecule has 2 unspecified atom stereocenters. The zero-order valence-corrected chi connectivity index (χ0v) is 11.8. The van der Waals surface area contributed by atoms with E-state index < -0.39 is 0 Å². The average Bonchev–Trinajstić information content (AvgIpc) is 3.06. The maximum absolute atomic E-state index is 12.4. The molecule has 2 amide bonds. The fourth-order valence-electron chi connectivity index (χ4n) is 3.65. The summed E-state index contributed by atoms with van der Waals surface area (Å²) in [6.45, 7) is 2.20. The van der Waals surface area contributed by atoms with Crippen LogP contribution in [0.5, 0.6) is 0 Å². The number of rotatable bonds is 2. The molecular weight excluding hydrogens is 264 g/mol. The Morgan fingerprint density at radius 3 is 2.38 bits per heavy atom. The molecule has 0 aromatic heterocycles. The summed E-state index contributed by atoms with van der Waals surface area (Å²) in [5.74, 6) is -0.238. The Hall–Kier alpha value is -1.94. The van der Waals surface area contributed by atoms with Crippen LogP contribution in [0.3, 0.4) is 0 Å². The van der Waals surface area contributed by atoms with Crippen LogP contribution < -0.4 is 5.32 Å². The van der Waals surface area contributed by atoms with Crippen LogP contribution in [-0.4, -0.2) is 16.7 Å². The first-order valence-electron chi connectivity index (χ1n) is 7.55. The lowest BCUT2D eigenvalue weighted by Crippen LogP contribution is -2.30. The number of benzene rings is 1. The van der Waals surface area contributed by atoms with E-state index >= 15 is 0 Å². The van der Waals surface area contributed by atoms with Crippen molar-refractivity contribution in [3.8, 4) is 0 Å². The van der Waals surface area contributed by atoms with Gasteiger partial charge in [0.1, 0.15) is 0 Å². The maximum Gasteiger partial charge on any atom is 0.233 e. The van der Waals surface area contributed by atoms with Gasteiger partial charge in [-0.1, -0.05) is 30.4 Å². The Morgan fingerprint density at radius 1 is 1.00 bits per heavy atom. The van der Waals surface area contributed by atoms with E-state index in [1.165, 1.54) is 16.0 Å². The van der Waals surface area contributed by atoms with Crippen LogP contribution >= 0.6 is 0 Å². The Balaban J connectivity index is 1.57. The second-order valence-electron chi connectivity index (χ2n) is 6.13. The van der Waals surface area contributed by atoms with Gasteiger partial charge in [0.05, 0.1) is 18.4 Å². The van der Waals surface area contributed by atoms with E-state index in [-0.39, 0.29) is 23.7 Å². The molecule has 0 saturated carbocycles. The molecule has 4 rings (SSSR count). The lowest BCUT2D eigenvalue weighted by molar-refractivity contribution is -0.140. The van der Waals surface area contributed by atoms with Crippen LogP contribution in [0, 0.1) is 11.8 Å². The van der Waals surface area contributed by atoms with Crippen LogP contribution in [0.1, 0.15) is 29.5 Å². The highest BCUT2D eigenvalue weighted by Gasteiger charge is 2.46. The largest absolute Gasteiger partial charge is 0.309 e. The van der Waals surface area contributed by atoms with Crippen molar-refractivity contribution in [1.82, 2.24) is 10.2 Å². The fourth-order valence-corrected chi connectivity index (χ4v) is 3.65. The highest BCUT2D eigenvalue weighted by atomic mass is 16.2. The van der Waals surface area contributed by atoms with Crippen molar-refractivity contribution in [2.45, 2.75) is 32.5 Å².